The third kappa shape index (κ3) is 2.28. The summed E-state index contributed by atoms with van der Waals surface area (Å²) in [5, 5.41) is 0.701. The van der Waals surface area contributed by atoms with Gasteiger partial charge in [-0.25, -0.2) is 4.98 Å². The smallest absolute Gasteiger partial charge is 0.141 e. The van der Waals surface area contributed by atoms with Crippen LogP contribution >= 0.6 is 11.6 Å². The highest BCUT2D eigenvalue weighted by Crippen LogP contribution is 2.32. The minimum Gasteiger partial charge on any atom is -0.398 e. The van der Waals surface area contributed by atoms with Gasteiger partial charge in [0, 0.05) is 22.3 Å². The zero-order valence-corrected chi connectivity index (χ0v) is 13.1. The summed E-state index contributed by atoms with van der Waals surface area (Å²) in [5.41, 5.74) is 11.0. The lowest BCUT2D eigenvalue weighted by atomic mass is 10.1. The second-order valence-corrected chi connectivity index (χ2v) is 5.99. The molecule has 2 aromatic carbocycles. The average molecular weight is 300 g/mol. The maximum Gasteiger partial charge on any atom is 0.141 e. The van der Waals surface area contributed by atoms with E-state index in [1.807, 2.05) is 37.3 Å². The van der Waals surface area contributed by atoms with Gasteiger partial charge in [-0.1, -0.05) is 23.7 Å². The van der Waals surface area contributed by atoms with E-state index in [4.69, 9.17) is 22.3 Å². The van der Waals surface area contributed by atoms with E-state index < -0.39 is 0 Å². The first-order chi connectivity index (χ1) is 9.99. The lowest BCUT2D eigenvalue weighted by Crippen LogP contribution is -2.04. The Balaban J connectivity index is 2.36. The van der Waals surface area contributed by atoms with Crippen molar-refractivity contribution in [2.24, 2.45) is 0 Å². The van der Waals surface area contributed by atoms with Crippen molar-refractivity contribution >= 4 is 28.3 Å². The van der Waals surface area contributed by atoms with Crippen molar-refractivity contribution in [3.05, 3.63) is 47.0 Å². The molecular weight excluding hydrogens is 282 g/mol. The molecule has 0 bridgehead atoms. The summed E-state index contributed by atoms with van der Waals surface area (Å²) in [4.78, 5) is 4.79. The Kier molecular flexibility index (Phi) is 3.38. The van der Waals surface area contributed by atoms with Crippen LogP contribution in [0.4, 0.5) is 5.69 Å². The predicted molar refractivity (Wildman–Crippen MR) is 89.7 cm³/mol. The van der Waals surface area contributed by atoms with Crippen LogP contribution in [-0.4, -0.2) is 9.55 Å². The van der Waals surface area contributed by atoms with E-state index in [-0.39, 0.29) is 0 Å². The highest BCUT2D eigenvalue weighted by atomic mass is 35.5. The topological polar surface area (TPSA) is 43.8 Å². The molecule has 3 aromatic rings. The monoisotopic (exact) mass is 299 g/mol. The van der Waals surface area contributed by atoms with Gasteiger partial charge in [0.1, 0.15) is 5.82 Å². The van der Waals surface area contributed by atoms with Crippen LogP contribution in [0.5, 0.6) is 0 Å². The largest absolute Gasteiger partial charge is 0.398 e. The first-order valence-electron chi connectivity index (χ1n) is 7.02. The van der Waals surface area contributed by atoms with Gasteiger partial charge in [-0.3, -0.25) is 0 Å². The second-order valence-electron chi connectivity index (χ2n) is 5.55. The standard InChI is InChI=1S/C17H18ClN3/c1-10(2)21-16-8-7-12(18)9-15(16)20-17(21)13-5-4-6-14(19)11(13)3/h4-10H,19H2,1-3H3. The number of nitrogens with two attached hydrogens (primary N) is 1. The second kappa shape index (κ2) is 5.08. The maximum absolute atomic E-state index is 6.09. The lowest BCUT2D eigenvalue weighted by molar-refractivity contribution is 0.624. The van der Waals surface area contributed by atoms with Gasteiger partial charge in [0.25, 0.3) is 0 Å². The summed E-state index contributed by atoms with van der Waals surface area (Å²) >= 11 is 6.09. The van der Waals surface area contributed by atoms with Gasteiger partial charge in [0.2, 0.25) is 0 Å². The van der Waals surface area contributed by atoms with Gasteiger partial charge in [0.15, 0.2) is 0 Å². The van der Waals surface area contributed by atoms with Crippen molar-refractivity contribution in [2.45, 2.75) is 26.8 Å². The first-order valence-corrected chi connectivity index (χ1v) is 7.39. The fourth-order valence-corrected chi connectivity index (χ4v) is 2.85. The number of aromatic nitrogens is 2. The minimum atomic E-state index is 0.298. The molecule has 2 N–H and O–H groups in total. The first kappa shape index (κ1) is 14.0. The Hall–Kier alpha value is -2.00. The number of rotatable bonds is 2. The molecule has 0 saturated carbocycles. The molecule has 21 heavy (non-hydrogen) atoms. The summed E-state index contributed by atoms with van der Waals surface area (Å²) in [7, 11) is 0. The molecule has 0 saturated heterocycles. The highest BCUT2D eigenvalue weighted by molar-refractivity contribution is 6.31. The van der Waals surface area contributed by atoms with Crippen LogP contribution in [-0.2, 0) is 0 Å². The van der Waals surface area contributed by atoms with Crippen LogP contribution in [0.1, 0.15) is 25.5 Å². The van der Waals surface area contributed by atoms with Crippen LogP contribution in [0, 0.1) is 6.92 Å². The summed E-state index contributed by atoms with van der Waals surface area (Å²) in [6.45, 7) is 6.34. The SMILES string of the molecule is Cc1c(N)cccc1-c1nc2cc(Cl)ccc2n1C(C)C. The van der Waals surface area contributed by atoms with Crippen LogP contribution in [0.25, 0.3) is 22.4 Å². The zero-order valence-electron chi connectivity index (χ0n) is 12.4. The number of nitrogens with zero attached hydrogens (tertiary/aromatic N) is 2. The molecule has 0 fully saturated rings. The molecule has 1 heterocycles. The zero-order chi connectivity index (χ0) is 15.1. The van der Waals surface area contributed by atoms with Gasteiger partial charge < -0.3 is 10.3 Å². The fourth-order valence-electron chi connectivity index (χ4n) is 2.68. The number of imidazole rings is 1. The molecule has 1 aromatic heterocycles. The fraction of sp³-hybridized carbons (Fsp3) is 0.235. The van der Waals surface area contributed by atoms with E-state index in [1.165, 1.54) is 0 Å². The van der Waals surface area contributed by atoms with Crippen molar-refractivity contribution < 1.29 is 0 Å². The number of halogens is 1. The molecule has 0 aliphatic heterocycles. The molecule has 0 aliphatic carbocycles. The molecule has 0 amide bonds. The third-order valence-electron chi connectivity index (χ3n) is 3.78. The predicted octanol–water partition coefficient (Wildman–Crippen LogP) is 4.83. The Morgan fingerprint density at radius 3 is 2.67 bits per heavy atom. The average Bonchev–Trinajstić information content (AvgIpc) is 2.80. The van der Waals surface area contributed by atoms with Gasteiger partial charge in [-0.15, -0.1) is 0 Å². The summed E-state index contributed by atoms with van der Waals surface area (Å²) < 4.78 is 2.23. The van der Waals surface area contributed by atoms with Crippen molar-refractivity contribution in [1.82, 2.24) is 9.55 Å². The van der Waals surface area contributed by atoms with Crippen LogP contribution in [0.2, 0.25) is 5.02 Å². The van der Waals surface area contributed by atoms with E-state index in [2.05, 4.69) is 24.5 Å². The minimum absolute atomic E-state index is 0.298. The van der Waals surface area contributed by atoms with E-state index in [1.54, 1.807) is 0 Å². The van der Waals surface area contributed by atoms with Crippen LogP contribution < -0.4 is 5.73 Å². The highest BCUT2D eigenvalue weighted by Gasteiger charge is 2.17. The lowest BCUT2D eigenvalue weighted by Gasteiger charge is -2.15. The molecule has 108 valence electrons. The van der Waals surface area contributed by atoms with Crippen molar-refractivity contribution in [2.75, 3.05) is 5.73 Å². The molecular formula is C17H18ClN3. The normalized spacial score (nSPS) is 11.5. The van der Waals surface area contributed by atoms with Crippen molar-refractivity contribution in [3.63, 3.8) is 0 Å². The summed E-state index contributed by atoms with van der Waals surface area (Å²) in [6, 6.07) is 12.1. The van der Waals surface area contributed by atoms with E-state index in [0.717, 1.165) is 33.7 Å². The van der Waals surface area contributed by atoms with Gasteiger partial charge >= 0.3 is 0 Å². The van der Waals surface area contributed by atoms with Crippen LogP contribution in [0.15, 0.2) is 36.4 Å². The number of fused-ring (bicyclic) bond motifs is 1. The van der Waals surface area contributed by atoms with E-state index >= 15 is 0 Å². The Morgan fingerprint density at radius 1 is 1.19 bits per heavy atom. The maximum atomic E-state index is 6.09. The molecule has 0 radical (unpaired) electrons. The Labute approximate surface area is 129 Å². The molecule has 0 atom stereocenters. The molecule has 3 rings (SSSR count). The number of hydrogen-bond acceptors (Lipinski definition) is 2. The number of anilines is 1. The van der Waals surface area contributed by atoms with Gasteiger partial charge in [-0.05, 0) is 50.6 Å². The summed E-state index contributed by atoms with van der Waals surface area (Å²) in [6.07, 6.45) is 0. The van der Waals surface area contributed by atoms with E-state index in [0.29, 0.717) is 11.1 Å². The molecule has 0 unspecified atom stereocenters. The molecule has 0 spiro atoms. The quantitative estimate of drug-likeness (QED) is 0.689. The van der Waals surface area contributed by atoms with Crippen molar-refractivity contribution in [1.29, 1.82) is 0 Å². The Morgan fingerprint density at radius 2 is 1.95 bits per heavy atom. The number of nitrogen functional groups attached to an aromatic ring is 1. The Bertz CT molecular complexity index is 818. The number of benzene rings is 2. The third-order valence-corrected chi connectivity index (χ3v) is 4.02. The van der Waals surface area contributed by atoms with Crippen molar-refractivity contribution in [3.8, 4) is 11.4 Å². The van der Waals surface area contributed by atoms with Crippen LogP contribution in [0.3, 0.4) is 0 Å². The summed E-state index contributed by atoms with van der Waals surface area (Å²) in [5.74, 6) is 0.937. The van der Waals surface area contributed by atoms with Gasteiger partial charge in [0.05, 0.1) is 11.0 Å². The molecule has 4 heteroatoms. The molecule has 3 nitrogen and oxygen atoms in total. The molecule has 0 aliphatic rings. The van der Waals surface area contributed by atoms with E-state index in [9.17, 15) is 0 Å². The van der Waals surface area contributed by atoms with Gasteiger partial charge in [-0.2, -0.15) is 0 Å². The number of hydrogen-bond donors (Lipinski definition) is 1.